The predicted octanol–water partition coefficient (Wildman–Crippen LogP) is 3.86. The van der Waals surface area contributed by atoms with Gasteiger partial charge in [0.15, 0.2) is 0 Å². The molecule has 1 amide bonds. The van der Waals surface area contributed by atoms with Crippen molar-refractivity contribution in [2.24, 2.45) is 7.05 Å². The lowest BCUT2D eigenvalue weighted by Crippen LogP contribution is -2.11. The van der Waals surface area contributed by atoms with Crippen LogP contribution in [0, 0.1) is 0 Å². The summed E-state index contributed by atoms with van der Waals surface area (Å²) in [7, 11) is 1.98. The standard InChI is InChI=1S/C18H17N3O/c1-3-7-17-20-15-12-14(10-11-16(15)21(17)2)19-18(22)13-8-5-4-6-9-13/h3-12H,1-2H3,(H,19,22)/b7-3+. The van der Waals surface area contributed by atoms with Crippen LogP contribution in [0.15, 0.2) is 54.6 Å². The Bertz CT molecular complexity index is 847. The first kappa shape index (κ1) is 14.1. The summed E-state index contributed by atoms with van der Waals surface area (Å²) in [5.74, 6) is 0.772. The van der Waals surface area contributed by atoms with Crippen molar-refractivity contribution in [1.29, 1.82) is 0 Å². The molecule has 0 bridgehead atoms. The van der Waals surface area contributed by atoms with Crippen molar-refractivity contribution in [3.05, 3.63) is 66.0 Å². The number of imidazole rings is 1. The molecule has 0 unspecified atom stereocenters. The number of carbonyl (C=O) groups excluding carboxylic acids is 1. The molecule has 0 atom stereocenters. The van der Waals surface area contributed by atoms with Gasteiger partial charge in [-0.05, 0) is 43.3 Å². The molecule has 3 rings (SSSR count). The van der Waals surface area contributed by atoms with Gasteiger partial charge in [-0.2, -0.15) is 0 Å². The number of fused-ring (bicyclic) bond motifs is 1. The lowest BCUT2D eigenvalue weighted by atomic mass is 10.2. The molecule has 0 aliphatic heterocycles. The molecule has 1 N–H and O–H groups in total. The molecule has 3 aromatic rings. The van der Waals surface area contributed by atoms with E-state index in [-0.39, 0.29) is 5.91 Å². The average Bonchev–Trinajstić information content (AvgIpc) is 2.84. The van der Waals surface area contributed by atoms with E-state index >= 15 is 0 Å². The minimum absolute atomic E-state index is 0.121. The number of anilines is 1. The van der Waals surface area contributed by atoms with Crippen molar-refractivity contribution in [2.75, 3.05) is 5.32 Å². The lowest BCUT2D eigenvalue weighted by molar-refractivity contribution is 0.102. The smallest absolute Gasteiger partial charge is 0.255 e. The Morgan fingerprint density at radius 3 is 2.68 bits per heavy atom. The molecule has 110 valence electrons. The predicted molar refractivity (Wildman–Crippen MR) is 89.8 cm³/mol. The maximum atomic E-state index is 12.2. The van der Waals surface area contributed by atoms with Crippen LogP contribution in [0.5, 0.6) is 0 Å². The van der Waals surface area contributed by atoms with Gasteiger partial charge in [0.25, 0.3) is 5.91 Å². The zero-order valence-electron chi connectivity index (χ0n) is 12.6. The molecule has 0 aliphatic carbocycles. The minimum atomic E-state index is -0.121. The Balaban J connectivity index is 1.91. The number of carbonyl (C=O) groups is 1. The van der Waals surface area contributed by atoms with Crippen LogP contribution in [-0.4, -0.2) is 15.5 Å². The van der Waals surface area contributed by atoms with Gasteiger partial charge in [0.1, 0.15) is 5.82 Å². The second-order valence-electron chi connectivity index (χ2n) is 5.05. The molecule has 0 fully saturated rings. The summed E-state index contributed by atoms with van der Waals surface area (Å²) in [5, 5.41) is 2.90. The SMILES string of the molecule is C/C=C/c1nc2cc(NC(=O)c3ccccc3)ccc2n1C. The van der Waals surface area contributed by atoms with Crippen molar-refractivity contribution in [3.8, 4) is 0 Å². The third-order valence-electron chi connectivity index (χ3n) is 3.53. The number of hydrogen-bond donors (Lipinski definition) is 1. The van der Waals surface area contributed by atoms with E-state index in [2.05, 4.69) is 10.3 Å². The molecule has 2 aromatic carbocycles. The first-order valence-corrected chi connectivity index (χ1v) is 7.14. The van der Waals surface area contributed by atoms with Crippen LogP contribution in [0.3, 0.4) is 0 Å². The summed E-state index contributed by atoms with van der Waals surface area (Å²) < 4.78 is 2.03. The summed E-state index contributed by atoms with van der Waals surface area (Å²) in [4.78, 5) is 16.7. The molecule has 0 spiro atoms. The Morgan fingerprint density at radius 1 is 1.18 bits per heavy atom. The monoisotopic (exact) mass is 291 g/mol. The number of aromatic nitrogens is 2. The number of nitrogens with one attached hydrogen (secondary N) is 1. The van der Waals surface area contributed by atoms with Crippen LogP contribution in [0.25, 0.3) is 17.1 Å². The Labute approximate surface area is 129 Å². The van der Waals surface area contributed by atoms with E-state index in [4.69, 9.17) is 0 Å². The number of hydrogen-bond acceptors (Lipinski definition) is 2. The number of allylic oxidation sites excluding steroid dienone is 1. The molecule has 0 saturated heterocycles. The number of benzene rings is 2. The summed E-state index contributed by atoms with van der Waals surface area (Å²) in [6.45, 7) is 1.96. The van der Waals surface area contributed by atoms with Gasteiger partial charge in [0.2, 0.25) is 0 Å². The van der Waals surface area contributed by atoms with E-state index in [0.717, 1.165) is 22.5 Å². The normalized spacial score (nSPS) is 11.2. The zero-order valence-corrected chi connectivity index (χ0v) is 12.6. The maximum Gasteiger partial charge on any atom is 0.255 e. The lowest BCUT2D eigenvalue weighted by Gasteiger charge is -2.05. The second-order valence-corrected chi connectivity index (χ2v) is 5.05. The molecule has 4 heteroatoms. The van der Waals surface area contributed by atoms with Crippen molar-refractivity contribution in [3.63, 3.8) is 0 Å². The van der Waals surface area contributed by atoms with E-state index < -0.39 is 0 Å². The van der Waals surface area contributed by atoms with Crippen LogP contribution in [-0.2, 0) is 7.05 Å². The third kappa shape index (κ3) is 2.63. The van der Waals surface area contributed by atoms with Crippen molar-refractivity contribution >= 4 is 28.7 Å². The van der Waals surface area contributed by atoms with E-state index in [1.165, 1.54) is 0 Å². The third-order valence-corrected chi connectivity index (χ3v) is 3.53. The molecule has 0 radical (unpaired) electrons. The molecule has 1 heterocycles. The molecule has 22 heavy (non-hydrogen) atoms. The van der Waals surface area contributed by atoms with Gasteiger partial charge in [-0.25, -0.2) is 4.98 Å². The molecule has 0 saturated carbocycles. The largest absolute Gasteiger partial charge is 0.328 e. The minimum Gasteiger partial charge on any atom is -0.328 e. The zero-order chi connectivity index (χ0) is 15.5. The Kier molecular flexibility index (Phi) is 3.74. The van der Waals surface area contributed by atoms with Gasteiger partial charge >= 0.3 is 0 Å². The van der Waals surface area contributed by atoms with Crippen molar-refractivity contribution in [1.82, 2.24) is 9.55 Å². The van der Waals surface area contributed by atoms with Gasteiger partial charge in [-0.3, -0.25) is 4.79 Å². The quantitative estimate of drug-likeness (QED) is 0.796. The van der Waals surface area contributed by atoms with E-state index in [1.54, 1.807) is 12.1 Å². The van der Waals surface area contributed by atoms with Crippen molar-refractivity contribution < 1.29 is 4.79 Å². The highest BCUT2D eigenvalue weighted by molar-refractivity contribution is 6.04. The van der Waals surface area contributed by atoms with Crippen molar-refractivity contribution in [2.45, 2.75) is 6.92 Å². The number of rotatable bonds is 3. The molecular formula is C18H17N3O. The van der Waals surface area contributed by atoms with Gasteiger partial charge < -0.3 is 9.88 Å². The number of nitrogens with zero attached hydrogens (tertiary/aromatic N) is 2. The molecule has 1 aromatic heterocycles. The van der Waals surface area contributed by atoms with Gasteiger partial charge in [-0.1, -0.05) is 24.3 Å². The highest BCUT2D eigenvalue weighted by Crippen LogP contribution is 2.20. The molecule has 4 nitrogen and oxygen atoms in total. The fraction of sp³-hybridized carbons (Fsp3) is 0.111. The van der Waals surface area contributed by atoms with E-state index in [9.17, 15) is 4.79 Å². The van der Waals surface area contributed by atoms with Crippen LogP contribution < -0.4 is 5.32 Å². The summed E-state index contributed by atoms with van der Waals surface area (Å²) in [6, 6.07) is 14.9. The fourth-order valence-electron chi connectivity index (χ4n) is 2.39. The molecule has 0 aliphatic rings. The van der Waals surface area contributed by atoms with E-state index in [0.29, 0.717) is 5.56 Å². The van der Waals surface area contributed by atoms with Crippen LogP contribution in [0.2, 0.25) is 0 Å². The fourth-order valence-corrected chi connectivity index (χ4v) is 2.39. The highest BCUT2D eigenvalue weighted by atomic mass is 16.1. The maximum absolute atomic E-state index is 12.2. The summed E-state index contributed by atoms with van der Waals surface area (Å²) >= 11 is 0. The van der Waals surface area contributed by atoms with Gasteiger partial charge in [0, 0.05) is 18.3 Å². The Morgan fingerprint density at radius 2 is 1.95 bits per heavy atom. The molecular weight excluding hydrogens is 274 g/mol. The topological polar surface area (TPSA) is 46.9 Å². The van der Waals surface area contributed by atoms with Crippen LogP contribution >= 0.6 is 0 Å². The second kappa shape index (κ2) is 5.85. The van der Waals surface area contributed by atoms with Gasteiger partial charge in [0.05, 0.1) is 11.0 Å². The highest BCUT2D eigenvalue weighted by Gasteiger charge is 2.09. The van der Waals surface area contributed by atoms with Crippen LogP contribution in [0.1, 0.15) is 23.1 Å². The summed E-state index contributed by atoms with van der Waals surface area (Å²) in [5.41, 5.74) is 3.27. The first-order valence-electron chi connectivity index (χ1n) is 7.14. The number of amides is 1. The summed E-state index contributed by atoms with van der Waals surface area (Å²) in [6.07, 6.45) is 3.92. The number of aryl methyl sites for hydroxylation is 1. The van der Waals surface area contributed by atoms with E-state index in [1.807, 2.05) is 67.1 Å². The van der Waals surface area contributed by atoms with Gasteiger partial charge in [-0.15, -0.1) is 0 Å². The van der Waals surface area contributed by atoms with Crippen LogP contribution in [0.4, 0.5) is 5.69 Å². The first-order chi connectivity index (χ1) is 10.7. The average molecular weight is 291 g/mol. The Hall–Kier alpha value is -2.88.